The highest BCUT2D eigenvalue weighted by atomic mass is 19.1. The molecule has 0 aliphatic carbocycles. The fourth-order valence-corrected chi connectivity index (χ4v) is 2.07. The van der Waals surface area contributed by atoms with Crippen LogP contribution in [0.3, 0.4) is 0 Å². The van der Waals surface area contributed by atoms with Crippen molar-refractivity contribution in [2.75, 3.05) is 0 Å². The Morgan fingerprint density at radius 1 is 1.17 bits per heavy atom. The van der Waals surface area contributed by atoms with Crippen LogP contribution in [0.4, 0.5) is 4.39 Å². The van der Waals surface area contributed by atoms with Gasteiger partial charge in [0, 0.05) is 19.2 Å². The van der Waals surface area contributed by atoms with Gasteiger partial charge in [-0.15, -0.1) is 0 Å². The van der Waals surface area contributed by atoms with Gasteiger partial charge in [0.05, 0.1) is 5.69 Å². The molecule has 0 atom stereocenters. The van der Waals surface area contributed by atoms with Crippen molar-refractivity contribution >= 4 is 5.78 Å². The first-order chi connectivity index (χ1) is 8.58. The molecular formula is C15H16FNO. The second kappa shape index (κ2) is 5.17. The molecular weight excluding hydrogens is 229 g/mol. The first-order valence-corrected chi connectivity index (χ1v) is 5.99. The van der Waals surface area contributed by atoms with Crippen molar-refractivity contribution in [2.45, 2.75) is 26.8 Å². The van der Waals surface area contributed by atoms with Gasteiger partial charge in [-0.3, -0.25) is 4.79 Å². The summed E-state index contributed by atoms with van der Waals surface area (Å²) < 4.78 is 14.8. The second-order valence-electron chi connectivity index (χ2n) is 4.44. The molecule has 2 nitrogen and oxygen atoms in total. The Labute approximate surface area is 106 Å². The molecule has 18 heavy (non-hydrogen) atoms. The molecule has 1 heterocycles. The topological polar surface area (TPSA) is 22.0 Å². The van der Waals surface area contributed by atoms with Crippen LogP contribution in [0.2, 0.25) is 0 Å². The van der Waals surface area contributed by atoms with Crippen LogP contribution in [-0.2, 0) is 13.0 Å². The van der Waals surface area contributed by atoms with Gasteiger partial charge in [-0.1, -0.05) is 12.1 Å². The standard InChI is InChI=1S/C15H16FNO/c1-11-3-8-15(12(2)18)17(11)10-9-13-4-6-14(16)7-5-13/h3-8H,9-10H2,1-2H3. The molecule has 94 valence electrons. The molecule has 2 rings (SSSR count). The monoisotopic (exact) mass is 245 g/mol. The van der Waals surface area contributed by atoms with Crippen LogP contribution >= 0.6 is 0 Å². The summed E-state index contributed by atoms with van der Waals surface area (Å²) in [6.07, 6.45) is 0.788. The van der Waals surface area contributed by atoms with E-state index >= 15 is 0 Å². The van der Waals surface area contributed by atoms with Crippen LogP contribution in [0.15, 0.2) is 36.4 Å². The lowest BCUT2D eigenvalue weighted by atomic mass is 10.1. The number of aromatic nitrogens is 1. The zero-order chi connectivity index (χ0) is 13.1. The van der Waals surface area contributed by atoms with Gasteiger partial charge in [0.1, 0.15) is 5.82 Å². The Morgan fingerprint density at radius 2 is 1.83 bits per heavy atom. The van der Waals surface area contributed by atoms with Crippen LogP contribution in [0.25, 0.3) is 0 Å². The highest BCUT2D eigenvalue weighted by molar-refractivity contribution is 5.92. The van der Waals surface area contributed by atoms with Crippen molar-refractivity contribution in [3.05, 3.63) is 59.2 Å². The van der Waals surface area contributed by atoms with Gasteiger partial charge in [0.25, 0.3) is 0 Å². The number of carbonyl (C=O) groups is 1. The molecule has 0 N–H and O–H groups in total. The number of hydrogen-bond acceptors (Lipinski definition) is 1. The van der Waals surface area contributed by atoms with E-state index in [9.17, 15) is 9.18 Å². The van der Waals surface area contributed by atoms with E-state index in [0.29, 0.717) is 0 Å². The highest BCUT2D eigenvalue weighted by Gasteiger charge is 2.08. The van der Waals surface area contributed by atoms with Gasteiger partial charge in [0.2, 0.25) is 0 Å². The molecule has 0 aliphatic heterocycles. The molecule has 1 aromatic carbocycles. The lowest BCUT2D eigenvalue weighted by molar-refractivity contribution is 0.100. The van der Waals surface area contributed by atoms with Crippen molar-refractivity contribution in [1.82, 2.24) is 4.57 Å². The Bertz CT molecular complexity index is 554. The summed E-state index contributed by atoms with van der Waals surface area (Å²) in [6, 6.07) is 10.3. The first-order valence-electron chi connectivity index (χ1n) is 5.99. The number of Topliss-reactive ketones (excluding diaryl/α,β-unsaturated/α-hetero) is 1. The average molecular weight is 245 g/mol. The zero-order valence-corrected chi connectivity index (χ0v) is 10.6. The summed E-state index contributed by atoms with van der Waals surface area (Å²) in [7, 11) is 0. The van der Waals surface area contributed by atoms with Crippen LogP contribution in [0, 0.1) is 12.7 Å². The zero-order valence-electron chi connectivity index (χ0n) is 10.6. The number of halogens is 1. The third kappa shape index (κ3) is 2.67. The van der Waals surface area contributed by atoms with Crippen molar-refractivity contribution in [3.8, 4) is 0 Å². The minimum Gasteiger partial charge on any atom is -0.342 e. The van der Waals surface area contributed by atoms with Crippen molar-refractivity contribution < 1.29 is 9.18 Å². The fraction of sp³-hybridized carbons (Fsp3) is 0.267. The highest BCUT2D eigenvalue weighted by Crippen LogP contribution is 2.12. The molecule has 0 amide bonds. The summed E-state index contributed by atoms with van der Waals surface area (Å²) in [6.45, 7) is 4.29. The summed E-state index contributed by atoms with van der Waals surface area (Å²) in [4.78, 5) is 11.5. The molecule has 0 spiro atoms. The number of rotatable bonds is 4. The Kier molecular flexibility index (Phi) is 3.60. The van der Waals surface area contributed by atoms with Gasteiger partial charge in [-0.25, -0.2) is 4.39 Å². The van der Waals surface area contributed by atoms with Gasteiger partial charge in [0.15, 0.2) is 5.78 Å². The molecule has 0 fully saturated rings. The summed E-state index contributed by atoms with van der Waals surface area (Å²) >= 11 is 0. The van der Waals surface area contributed by atoms with E-state index in [-0.39, 0.29) is 11.6 Å². The van der Waals surface area contributed by atoms with Crippen molar-refractivity contribution in [2.24, 2.45) is 0 Å². The molecule has 0 saturated carbocycles. The van der Waals surface area contributed by atoms with Crippen LogP contribution in [0.1, 0.15) is 28.7 Å². The van der Waals surface area contributed by atoms with E-state index in [4.69, 9.17) is 0 Å². The number of benzene rings is 1. The van der Waals surface area contributed by atoms with Crippen LogP contribution < -0.4 is 0 Å². The molecule has 3 heteroatoms. The summed E-state index contributed by atoms with van der Waals surface area (Å²) in [5, 5.41) is 0. The van der Waals surface area contributed by atoms with Gasteiger partial charge >= 0.3 is 0 Å². The SMILES string of the molecule is CC(=O)c1ccc(C)n1CCc1ccc(F)cc1. The Hall–Kier alpha value is -1.90. The van der Waals surface area contributed by atoms with E-state index in [1.165, 1.54) is 12.1 Å². The van der Waals surface area contributed by atoms with E-state index in [0.717, 1.165) is 29.9 Å². The molecule has 0 bridgehead atoms. The van der Waals surface area contributed by atoms with Gasteiger partial charge < -0.3 is 4.57 Å². The number of ketones is 1. The number of carbonyl (C=O) groups excluding carboxylic acids is 1. The van der Waals surface area contributed by atoms with Gasteiger partial charge in [-0.2, -0.15) is 0 Å². The summed E-state index contributed by atoms with van der Waals surface area (Å²) in [5.41, 5.74) is 2.87. The van der Waals surface area contributed by atoms with Crippen LogP contribution in [-0.4, -0.2) is 10.4 Å². The lowest BCUT2D eigenvalue weighted by Gasteiger charge is -2.10. The third-order valence-electron chi connectivity index (χ3n) is 3.10. The summed E-state index contributed by atoms with van der Waals surface area (Å²) in [5.74, 6) is -0.150. The quantitative estimate of drug-likeness (QED) is 0.757. The molecule has 0 aliphatic rings. The van der Waals surface area contributed by atoms with E-state index in [2.05, 4.69) is 0 Å². The Balaban J connectivity index is 2.12. The maximum Gasteiger partial charge on any atom is 0.176 e. The minimum atomic E-state index is -0.222. The molecule has 2 aromatic rings. The average Bonchev–Trinajstić information content (AvgIpc) is 2.70. The Morgan fingerprint density at radius 3 is 2.44 bits per heavy atom. The predicted octanol–water partition coefficient (Wildman–Crippen LogP) is 3.38. The third-order valence-corrected chi connectivity index (χ3v) is 3.10. The normalized spacial score (nSPS) is 10.6. The fourth-order valence-electron chi connectivity index (χ4n) is 2.07. The van der Waals surface area contributed by atoms with E-state index in [1.807, 2.05) is 23.6 Å². The smallest absolute Gasteiger partial charge is 0.176 e. The van der Waals surface area contributed by atoms with Gasteiger partial charge in [-0.05, 0) is 43.2 Å². The maximum atomic E-state index is 12.8. The molecule has 1 aromatic heterocycles. The molecule has 0 radical (unpaired) electrons. The predicted molar refractivity (Wildman–Crippen MR) is 69.3 cm³/mol. The largest absolute Gasteiger partial charge is 0.342 e. The first kappa shape index (κ1) is 12.6. The van der Waals surface area contributed by atoms with Crippen molar-refractivity contribution in [1.29, 1.82) is 0 Å². The lowest BCUT2D eigenvalue weighted by Crippen LogP contribution is -2.10. The maximum absolute atomic E-state index is 12.8. The number of aryl methyl sites for hydroxylation is 2. The number of hydrogen-bond donors (Lipinski definition) is 0. The van der Waals surface area contributed by atoms with Crippen molar-refractivity contribution in [3.63, 3.8) is 0 Å². The molecule has 0 unspecified atom stereocenters. The second-order valence-corrected chi connectivity index (χ2v) is 4.44. The van der Waals surface area contributed by atoms with E-state index < -0.39 is 0 Å². The minimum absolute atomic E-state index is 0.0715. The van der Waals surface area contributed by atoms with E-state index in [1.54, 1.807) is 19.1 Å². The molecule has 0 saturated heterocycles. The van der Waals surface area contributed by atoms with Crippen LogP contribution in [0.5, 0.6) is 0 Å². The number of nitrogens with zero attached hydrogens (tertiary/aromatic N) is 1.